The number of halogens is 1. The molecular weight excluding hydrogens is 268 g/mol. The Balaban J connectivity index is 2.47. The van der Waals surface area contributed by atoms with Crippen molar-refractivity contribution in [1.29, 1.82) is 0 Å². The molecule has 2 rings (SSSR count). The molecule has 1 aromatic carbocycles. The number of nitrogens with zero attached hydrogens (tertiary/aromatic N) is 2. The van der Waals surface area contributed by atoms with E-state index in [0.717, 1.165) is 5.52 Å². The molecule has 0 unspecified atom stereocenters. The number of carboxylic acids is 1. The van der Waals surface area contributed by atoms with Gasteiger partial charge < -0.3 is 9.67 Å². The highest BCUT2D eigenvalue weighted by Gasteiger charge is 2.14. The van der Waals surface area contributed by atoms with Gasteiger partial charge in [-0.05, 0) is 25.1 Å². The largest absolute Gasteiger partial charge is 0.481 e. The summed E-state index contributed by atoms with van der Waals surface area (Å²) in [4.78, 5) is 26.2. The van der Waals surface area contributed by atoms with E-state index in [2.05, 4.69) is 4.98 Å². The van der Waals surface area contributed by atoms with Crippen LogP contribution in [0.4, 0.5) is 0 Å². The van der Waals surface area contributed by atoms with Crippen molar-refractivity contribution < 1.29 is 14.7 Å². The lowest BCUT2D eigenvalue weighted by Gasteiger charge is -2.06. The monoisotopic (exact) mass is 280 g/mol. The summed E-state index contributed by atoms with van der Waals surface area (Å²) in [6.45, 7) is 1.93. The second kappa shape index (κ2) is 5.40. The number of imidazole rings is 1. The van der Waals surface area contributed by atoms with Crippen LogP contribution in [0, 0.1) is 0 Å². The number of rotatable bonds is 5. The smallest absolute Gasteiger partial charge is 0.311 e. The first-order chi connectivity index (χ1) is 8.97. The first kappa shape index (κ1) is 13.5. The van der Waals surface area contributed by atoms with E-state index in [9.17, 15) is 9.59 Å². The standard InChI is InChI=1S/C13H13ClN2O3/c1-8(17)4-5-16-11-3-2-9(14)6-10(11)15-12(16)7-13(18)19/h2-3,6H,4-5,7H2,1H3,(H,18,19). The van der Waals surface area contributed by atoms with Crippen molar-refractivity contribution in [2.75, 3.05) is 0 Å². The van der Waals surface area contributed by atoms with Crippen molar-refractivity contribution in [1.82, 2.24) is 9.55 Å². The Morgan fingerprint density at radius 3 is 2.79 bits per heavy atom. The molecule has 6 heteroatoms. The lowest BCUT2D eigenvalue weighted by molar-refractivity contribution is -0.136. The van der Waals surface area contributed by atoms with Gasteiger partial charge >= 0.3 is 5.97 Å². The summed E-state index contributed by atoms with van der Waals surface area (Å²) in [5.41, 5.74) is 1.44. The van der Waals surface area contributed by atoms with E-state index in [4.69, 9.17) is 16.7 Å². The summed E-state index contributed by atoms with van der Waals surface area (Å²) in [7, 11) is 0. The number of fused-ring (bicyclic) bond motifs is 1. The number of aliphatic carboxylic acids is 1. The van der Waals surface area contributed by atoms with Crippen molar-refractivity contribution in [3.8, 4) is 0 Å². The summed E-state index contributed by atoms with van der Waals surface area (Å²) < 4.78 is 1.77. The molecule has 0 radical (unpaired) electrons. The van der Waals surface area contributed by atoms with Crippen LogP contribution in [0.5, 0.6) is 0 Å². The summed E-state index contributed by atoms with van der Waals surface area (Å²) >= 11 is 5.89. The molecule has 19 heavy (non-hydrogen) atoms. The molecule has 1 N–H and O–H groups in total. The summed E-state index contributed by atoms with van der Waals surface area (Å²) in [6, 6.07) is 5.20. The maximum absolute atomic E-state index is 11.1. The van der Waals surface area contributed by atoms with Crippen molar-refractivity contribution in [2.24, 2.45) is 0 Å². The van der Waals surface area contributed by atoms with Crippen LogP contribution in [-0.2, 0) is 22.6 Å². The molecule has 0 saturated heterocycles. The van der Waals surface area contributed by atoms with E-state index in [1.54, 1.807) is 22.8 Å². The van der Waals surface area contributed by atoms with Crippen LogP contribution in [0.25, 0.3) is 11.0 Å². The van der Waals surface area contributed by atoms with Gasteiger partial charge in [0, 0.05) is 18.0 Å². The molecule has 1 heterocycles. The molecule has 0 aliphatic carbocycles. The summed E-state index contributed by atoms with van der Waals surface area (Å²) in [6.07, 6.45) is 0.172. The highest BCUT2D eigenvalue weighted by atomic mass is 35.5. The summed E-state index contributed by atoms with van der Waals surface area (Å²) in [5, 5.41) is 9.45. The molecule has 100 valence electrons. The van der Waals surface area contributed by atoms with E-state index in [0.29, 0.717) is 29.3 Å². The van der Waals surface area contributed by atoms with Crippen LogP contribution >= 0.6 is 11.6 Å². The van der Waals surface area contributed by atoms with Crippen LogP contribution in [0.15, 0.2) is 18.2 Å². The minimum Gasteiger partial charge on any atom is -0.481 e. The van der Waals surface area contributed by atoms with Crippen LogP contribution in [0.2, 0.25) is 5.02 Å². The Labute approximate surface area is 114 Å². The molecule has 0 aliphatic heterocycles. The predicted molar refractivity (Wildman–Crippen MR) is 71.4 cm³/mol. The van der Waals surface area contributed by atoms with E-state index in [1.807, 2.05) is 0 Å². The zero-order valence-corrected chi connectivity index (χ0v) is 11.1. The number of hydrogen-bond acceptors (Lipinski definition) is 3. The van der Waals surface area contributed by atoms with Gasteiger partial charge in [-0.25, -0.2) is 4.98 Å². The second-order valence-electron chi connectivity index (χ2n) is 4.34. The van der Waals surface area contributed by atoms with Gasteiger partial charge in [0.25, 0.3) is 0 Å². The van der Waals surface area contributed by atoms with Crippen LogP contribution < -0.4 is 0 Å². The molecular formula is C13H13ClN2O3. The van der Waals surface area contributed by atoms with Gasteiger partial charge in [0.05, 0.1) is 11.0 Å². The van der Waals surface area contributed by atoms with Gasteiger partial charge in [0.15, 0.2) is 0 Å². The lowest BCUT2D eigenvalue weighted by atomic mass is 10.3. The predicted octanol–water partition coefficient (Wildman–Crippen LogP) is 2.30. The molecule has 1 aromatic heterocycles. The first-order valence-corrected chi connectivity index (χ1v) is 6.21. The van der Waals surface area contributed by atoms with E-state index in [-0.39, 0.29) is 12.2 Å². The minimum absolute atomic E-state index is 0.0529. The number of ketones is 1. The number of carboxylic acid groups (broad SMARTS) is 1. The van der Waals surface area contributed by atoms with Crippen LogP contribution in [0.1, 0.15) is 19.2 Å². The third-order valence-corrected chi connectivity index (χ3v) is 3.02. The van der Waals surface area contributed by atoms with Crippen molar-refractivity contribution >= 4 is 34.4 Å². The third-order valence-electron chi connectivity index (χ3n) is 2.79. The first-order valence-electron chi connectivity index (χ1n) is 5.83. The third kappa shape index (κ3) is 3.12. The quantitative estimate of drug-likeness (QED) is 0.912. The molecule has 0 bridgehead atoms. The zero-order chi connectivity index (χ0) is 14.0. The molecule has 5 nitrogen and oxygen atoms in total. The Morgan fingerprint density at radius 2 is 2.16 bits per heavy atom. The highest BCUT2D eigenvalue weighted by Crippen LogP contribution is 2.21. The molecule has 0 aliphatic rings. The molecule has 0 spiro atoms. The van der Waals surface area contributed by atoms with Crippen molar-refractivity contribution in [2.45, 2.75) is 26.3 Å². The summed E-state index contributed by atoms with van der Waals surface area (Å²) in [5.74, 6) is -0.464. The van der Waals surface area contributed by atoms with E-state index >= 15 is 0 Å². The topological polar surface area (TPSA) is 72.2 Å². The maximum atomic E-state index is 11.1. The SMILES string of the molecule is CC(=O)CCn1c(CC(=O)O)nc2cc(Cl)ccc21. The van der Waals surface area contributed by atoms with Crippen molar-refractivity contribution in [3.05, 3.63) is 29.0 Å². The zero-order valence-electron chi connectivity index (χ0n) is 10.4. The van der Waals surface area contributed by atoms with Gasteiger partial charge in [0.1, 0.15) is 18.0 Å². The van der Waals surface area contributed by atoms with Gasteiger partial charge in [-0.2, -0.15) is 0 Å². The number of carbonyl (C=O) groups excluding carboxylic acids is 1. The fraction of sp³-hybridized carbons (Fsp3) is 0.308. The van der Waals surface area contributed by atoms with Crippen LogP contribution in [0.3, 0.4) is 0 Å². The molecule has 0 atom stereocenters. The Bertz CT molecular complexity index is 649. The number of hydrogen-bond donors (Lipinski definition) is 1. The Hall–Kier alpha value is -1.88. The van der Waals surface area contributed by atoms with Gasteiger partial charge in [-0.3, -0.25) is 9.59 Å². The number of carbonyl (C=O) groups is 2. The lowest BCUT2D eigenvalue weighted by Crippen LogP contribution is -2.11. The van der Waals surface area contributed by atoms with E-state index in [1.165, 1.54) is 6.92 Å². The fourth-order valence-electron chi connectivity index (χ4n) is 1.94. The Morgan fingerprint density at radius 1 is 1.42 bits per heavy atom. The maximum Gasteiger partial charge on any atom is 0.311 e. The highest BCUT2D eigenvalue weighted by molar-refractivity contribution is 6.31. The second-order valence-corrected chi connectivity index (χ2v) is 4.77. The Kier molecular flexibility index (Phi) is 3.85. The number of benzene rings is 1. The van der Waals surface area contributed by atoms with Gasteiger partial charge in [-0.1, -0.05) is 11.6 Å². The molecule has 0 amide bonds. The number of Topliss-reactive ketones (excluding diaryl/α,β-unsaturated/α-hetero) is 1. The van der Waals surface area contributed by atoms with Gasteiger partial charge in [-0.15, -0.1) is 0 Å². The average molecular weight is 281 g/mol. The van der Waals surface area contributed by atoms with Crippen LogP contribution in [-0.4, -0.2) is 26.4 Å². The van der Waals surface area contributed by atoms with Gasteiger partial charge in [0.2, 0.25) is 0 Å². The average Bonchev–Trinajstić information content (AvgIpc) is 2.61. The van der Waals surface area contributed by atoms with E-state index < -0.39 is 5.97 Å². The molecule has 0 fully saturated rings. The molecule has 0 saturated carbocycles. The molecule has 2 aromatic rings. The number of aromatic nitrogens is 2. The fourth-order valence-corrected chi connectivity index (χ4v) is 2.11. The van der Waals surface area contributed by atoms with Crippen molar-refractivity contribution in [3.63, 3.8) is 0 Å². The normalized spacial score (nSPS) is 10.8. The number of aryl methyl sites for hydroxylation is 1. The minimum atomic E-state index is -0.953.